The van der Waals surface area contributed by atoms with Gasteiger partial charge in [-0.15, -0.1) is 0 Å². The maximum atomic E-state index is 5.41. The Bertz CT molecular complexity index is 402. The molecule has 0 spiro atoms. The van der Waals surface area contributed by atoms with Crippen LogP contribution in [-0.4, -0.2) is 12.6 Å². The Kier molecular flexibility index (Phi) is 4.31. The number of ether oxygens (including phenoxy) is 1. The van der Waals surface area contributed by atoms with Gasteiger partial charge in [-0.05, 0) is 50.3 Å². The molecule has 0 bridgehead atoms. The molecule has 1 rings (SSSR count). The van der Waals surface area contributed by atoms with Crippen molar-refractivity contribution in [1.82, 2.24) is 0 Å². The number of nitrogens with one attached hydrogen (secondary N) is 1. The van der Waals surface area contributed by atoms with Crippen molar-refractivity contribution in [3.05, 3.63) is 23.8 Å². The van der Waals surface area contributed by atoms with Gasteiger partial charge in [0.15, 0.2) is 0 Å². The van der Waals surface area contributed by atoms with E-state index in [1.165, 1.54) is 5.56 Å². The number of anilines is 1. The predicted molar refractivity (Wildman–Crippen MR) is 79.5 cm³/mol. The molecule has 2 heteroatoms. The minimum atomic E-state index is 0.0410. The summed E-state index contributed by atoms with van der Waals surface area (Å²) in [6.45, 7) is 13.4. The molecule has 1 aromatic carbocycles. The molecule has 0 aliphatic heterocycles. The van der Waals surface area contributed by atoms with E-state index in [4.69, 9.17) is 4.74 Å². The first-order valence-electron chi connectivity index (χ1n) is 6.56. The van der Waals surface area contributed by atoms with Crippen LogP contribution in [0.5, 0.6) is 5.75 Å². The number of rotatable bonds is 4. The fourth-order valence-electron chi connectivity index (χ4n) is 2.65. The zero-order valence-corrected chi connectivity index (χ0v) is 12.8. The van der Waals surface area contributed by atoms with Crippen molar-refractivity contribution in [2.24, 2.45) is 5.41 Å². The van der Waals surface area contributed by atoms with Crippen LogP contribution in [0.25, 0.3) is 0 Å². The molecule has 0 aliphatic carbocycles. The third kappa shape index (κ3) is 4.59. The molecule has 0 saturated carbocycles. The maximum absolute atomic E-state index is 5.41. The zero-order chi connectivity index (χ0) is 14.0. The topological polar surface area (TPSA) is 21.3 Å². The summed E-state index contributed by atoms with van der Waals surface area (Å²) in [5.41, 5.74) is 2.66. The van der Waals surface area contributed by atoms with E-state index in [0.717, 1.165) is 17.9 Å². The van der Waals surface area contributed by atoms with Gasteiger partial charge >= 0.3 is 0 Å². The highest BCUT2D eigenvalue weighted by molar-refractivity contribution is 5.59. The van der Waals surface area contributed by atoms with Gasteiger partial charge in [0.05, 0.1) is 12.8 Å². The van der Waals surface area contributed by atoms with E-state index < -0.39 is 0 Å². The number of hydrogen-bond acceptors (Lipinski definition) is 2. The molecule has 0 atom stereocenters. The lowest BCUT2D eigenvalue weighted by Gasteiger charge is -2.34. The fourth-order valence-corrected chi connectivity index (χ4v) is 2.65. The summed E-state index contributed by atoms with van der Waals surface area (Å²) in [5.74, 6) is 0.905. The predicted octanol–water partition coefficient (Wildman–Crippen LogP) is 4.63. The molecule has 0 fully saturated rings. The lowest BCUT2D eigenvalue weighted by atomic mass is 9.81. The van der Waals surface area contributed by atoms with Gasteiger partial charge in [-0.1, -0.05) is 26.8 Å². The van der Waals surface area contributed by atoms with Crippen LogP contribution in [0.3, 0.4) is 0 Å². The van der Waals surface area contributed by atoms with Crippen LogP contribution < -0.4 is 10.1 Å². The van der Waals surface area contributed by atoms with E-state index >= 15 is 0 Å². The van der Waals surface area contributed by atoms with Crippen molar-refractivity contribution in [2.45, 2.75) is 53.5 Å². The highest BCUT2D eigenvalue weighted by Crippen LogP contribution is 2.33. The maximum Gasteiger partial charge on any atom is 0.141 e. The van der Waals surface area contributed by atoms with Gasteiger partial charge in [0, 0.05) is 5.54 Å². The molecular formula is C16H27NO. The monoisotopic (exact) mass is 249 g/mol. The molecule has 0 radical (unpaired) electrons. The van der Waals surface area contributed by atoms with Crippen molar-refractivity contribution in [2.75, 3.05) is 12.4 Å². The van der Waals surface area contributed by atoms with Crippen molar-refractivity contribution >= 4 is 5.69 Å². The average Bonchev–Trinajstić information content (AvgIpc) is 2.13. The lowest BCUT2D eigenvalue weighted by molar-refractivity contribution is 0.301. The van der Waals surface area contributed by atoms with Crippen LogP contribution in [0.2, 0.25) is 0 Å². The van der Waals surface area contributed by atoms with Gasteiger partial charge < -0.3 is 10.1 Å². The van der Waals surface area contributed by atoms with Crippen molar-refractivity contribution < 1.29 is 4.74 Å². The second-order valence-electron chi connectivity index (χ2n) is 6.95. The third-order valence-electron chi connectivity index (χ3n) is 2.80. The first-order chi connectivity index (χ1) is 8.13. The lowest BCUT2D eigenvalue weighted by Crippen LogP contribution is -2.35. The van der Waals surface area contributed by atoms with E-state index in [2.05, 4.69) is 59.0 Å². The Morgan fingerprint density at radius 2 is 1.72 bits per heavy atom. The minimum absolute atomic E-state index is 0.0410. The molecule has 102 valence electrons. The normalized spacial score (nSPS) is 12.4. The second kappa shape index (κ2) is 5.21. The van der Waals surface area contributed by atoms with E-state index in [1.54, 1.807) is 7.11 Å². The van der Waals surface area contributed by atoms with Crippen molar-refractivity contribution in [3.8, 4) is 5.75 Å². The molecule has 2 nitrogen and oxygen atoms in total. The summed E-state index contributed by atoms with van der Waals surface area (Å²) < 4.78 is 5.41. The van der Waals surface area contributed by atoms with Gasteiger partial charge in [-0.25, -0.2) is 0 Å². The third-order valence-corrected chi connectivity index (χ3v) is 2.80. The van der Waals surface area contributed by atoms with Gasteiger partial charge in [0.2, 0.25) is 0 Å². The van der Waals surface area contributed by atoms with E-state index in [0.29, 0.717) is 5.41 Å². The van der Waals surface area contributed by atoms with Crippen LogP contribution in [0.15, 0.2) is 18.2 Å². The zero-order valence-electron chi connectivity index (χ0n) is 12.8. The molecule has 0 aliphatic rings. The Labute approximate surface area is 112 Å². The van der Waals surface area contributed by atoms with E-state index in [9.17, 15) is 0 Å². The molecule has 18 heavy (non-hydrogen) atoms. The van der Waals surface area contributed by atoms with Crippen LogP contribution in [0.1, 0.15) is 46.6 Å². The van der Waals surface area contributed by atoms with E-state index in [-0.39, 0.29) is 5.54 Å². The number of hydrogen-bond donors (Lipinski definition) is 1. The van der Waals surface area contributed by atoms with Gasteiger partial charge in [-0.2, -0.15) is 0 Å². The Morgan fingerprint density at radius 3 is 2.22 bits per heavy atom. The van der Waals surface area contributed by atoms with Gasteiger partial charge in [-0.3, -0.25) is 0 Å². The highest BCUT2D eigenvalue weighted by atomic mass is 16.5. The number of benzene rings is 1. The summed E-state index contributed by atoms with van der Waals surface area (Å²) in [7, 11) is 1.71. The summed E-state index contributed by atoms with van der Waals surface area (Å²) in [6.07, 6.45) is 1.09. The van der Waals surface area contributed by atoms with Gasteiger partial charge in [0.1, 0.15) is 5.75 Å². The highest BCUT2D eigenvalue weighted by Gasteiger charge is 2.26. The molecular weight excluding hydrogens is 222 g/mol. The summed E-state index contributed by atoms with van der Waals surface area (Å²) in [4.78, 5) is 0. The van der Waals surface area contributed by atoms with Crippen LogP contribution >= 0.6 is 0 Å². The molecule has 0 amide bonds. The number of methoxy groups -OCH3 is 1. The molecule has 1 aromatic rings. The quantitative estimate of drug-likeness (QED) is 0.840. The number of aryl methyl sites for hydroxylation is 1. The van der Waals surface area contributed by atoms with Crippen molar-refractivity contribution in [1.29, 1.82) is 0 Å². The first-order valence-corrected chi connectivity index (χ1v) is 6.56. The minimum Gasteiger partial charge on any atom is -0.495 e. The second-order valence-corrected chi connectivity index (χ2v) is 6.95. The molecule has 0 saturated heterocycles. The fraction of sp³-hybridized carbons (Fsp3) is 0.625. The van der Waals surface area contributed by atoms with Gasteiger partial charge in [0.25, 0.3) is 0 Å². The molecule has 1 N–H and O–H groups in total. The van der Waals surface area contributed by atoms with Crippen LogP contribution in [-0.2, 0) is 0 Å². The van der Waals surface area contributed by atoms with Crippen molar-refractivity contribution in [3.63, 3.8) is 0 Å². The largest absolute Gasteiger partial charge is 0.495 e. The Morgan fingerprint density at radius 1 is 1.11 bits per heavy atom. The molecule has 0 heterocycles. The summed E-state index contributed by atoms with van der Waals surface area (Å²) in [5, 5.41) is 3.61. The Hall–Kier alpha value is -1.18. The van der Waals surface area contributed by atoms with E-state index in [1.807, 2.05) is 6.07 Å². The summed E-state index contributed by atoms with van der Waals surface area (Å²) >= 11 is 0. The van der Waals surface area contributed by atoms with Crippen LogP contribution in [0.4, 0.5) is 5.69 Å². The standard InChI is InChI=1S/C16H27NO/c1-12-8-9-14(18-7)13(10-12)17-16(5,6)11-15(2,3)4/h8-10,17H,11H2,1-7H3. The SMILES string of the molecule is COc1ccc(C)cc1NC(C)(C)CC(C)(C)C. The first kappa shape index (κ1) is 14.9. The smallest absolute Gasteiger partial charge is 0.141 e. The molecule has 0 unspecified atom stereocenters. The average molecular weight is 249 g/mol. The molecule has 0 aromatic heterocycles. The summed E-state index contributed by atoms with van der Waals surface area (Å²) in [6, 6.07) is 6.23. The Balaban J connectivity index is 2.92. The van der Waals surface area contributed by atoms with Crippen LogP contribution in [0, 0.1) is 12.3 Å².